The summed E-state index contributed by atoms with van der Waals surface area (Å²) in [6.45, 7) is 5.77. The van der Waals surface area contributed by atoms with E-state index in [0.29, 0.717) is 22.7 Å². The van der Waals surface area contributed by atoms with Gasteiger partial charge in [0, 0.05) is 48.4 Å². The number of alkyl halides is 2. The van der Waals surface area contributed by atoms with Crippen molar-refractivity contribution in [3.63, 3.8) is 0 Å². The first-order chi connectivity index (χ1) is 16.9. The van der Waals surface area contributed by atoms with Gasteiger partial charge in [0.05, 0.1) is 12.1 Å². The van der Waals surface area contributed by atoms with Gasteiger partial charge in [0.15, 0.2) is 0 Å². The van der Waals surface area contributed by atoms with Crippen LogP contribution in [-0.4, -0.2) is 53.3 Å². The highest BCUT2D eigenvalue weighted by Crippen LogP contribution is 2.34. The maximum Gasteiger partial charge on any atom is 0.289 e. The number of carbonyl (C=O) groups excluding carboxylic acids is 1. The molecule has 1 saturated carbocycles. The summed E-state index contributed by atoms with van der Waals surface area (Å²) in [5.74, 6) is -3.66. The first kappa shape index (κ1) is 28.2. The van der Waals surface area contributed by atoms with Crippen molar-refractivity contribution >= 4 is 23.2 Å². The molecule has 0 spiro atoms. The van der Waals surface area contributed by atoms with E-state index in [2.05, 4.69) is 41.2 Å². The molecule has 1 heterocycles. The van der Waals surface area contributed by atoms with Crippen LogP contribution in [0.15, 0.2) is 16.9 Å². The largest absolute Gasteiger partial charge is 0.369 e. The molecular formula is C26H38ClF2N5O2. The van der Waals surface area contributed by atoms with Crippen LogP contribution in [-0.2, 0) is 19.5 Å². The van der Waals surface area contributed by atoms with E-state index < -0.39 is 29.5 Å². The number of benzene rings is 1. The van der Waals surface area contributed by atoms with E-state index in [1.807, 2.05) is 13.0 Å². The van der Waals surface area contributed by atoms with E-state index in [0.717, 1.165) is 48.2 Å². The van der Waals surface area contributed by atoms with Crippen molar-refractivity contribution in [3.05, 3.63) is 49.9 Å². The molecule has 1 amide bonds. The molecule has 2 N–H and O–H groups in total. The third-order valence-corrected chi connectivity index (χ3v) is 7.67. The van der Waals surface area contributed by atoms with Crippen molar-refractivity contribution in [3.8, 4) is 0 Å². The maximum atomic E-state index is 14.4. The van der Waals surface area contributed by atoms with Crippen molar-refractivity contribution in [2.75, 3.05) is 25.5 Å². The molecule has 36 heavy (non-hydrogen) atoms. The summed E-state index contributed by atoms with van der Waals surface area (Å²) >= 11 is 6.45. The molecule has 10 heteroatoms. The number of aromatic amines is 1. The minimum absolute atomic E-state index is 0.148. The van der Waals surface area contributed by atoms with Crippen LogP contribution in [0.25, 0.3) is 0 Å². The summed E-state index contributed by atoms with van der Waals surface area (Å²) < 4.78 is 29.8. The van der Waals surface area contributed by atoms with Crippen LogP contribution < -0.4 is 15.8 Å². The van der Waals surface area contributed by atoms with Crippen molar-refractivity contribution in [2.45, 2.75) is 77.4 Å². The van der Waals surface area contributed by atoms with Crippen LogP contribution in [0.2, 0.25) is 5.02 Å². The zero-order valence-corrected chi connectivity index (χ0v) is 22.8. The van der Waals surface area contributed by atoms with Gasteiger partial charge in [-0.25, -0.2) is 0 Å². The molecule has 3 rings (SSSR count). The lowest BCUT2D eigenvalue weighted by molar-refractivity contribution is -0.0142. The molecule has 0 saturated heterocycles. The van der Waals surface area contributed by atoms with Crippen LogP contribution in [0.3, 0.4) is 0 Å². The highest BCUT2D eigenvalue weighted by atomic mass is 35.5. The molecule has 7 nitrogen and oxygen atoms in total. The number of nitrogens with zero attached hydrogens (tertiary/aromatic N) is 3. The lowest BCUT2D eigenvalue weighted by atomic mass is 9.89. The van der Waals surface area contributed by atoms with Crippen molar-refractivity contribution in [1.29, 1.82) is 0 Å². The van der Waals surface area contributed by atoms with Crippen LogP contribution in [0.5, 0.6) is 0 Å². The van der Waals surface area contributed by atoms with Gasteiger partial charge in [0.2, 0.25) is 0 Å². The Labute approximate surface area is 216 Å². The van der Waals surface area contributed by atoms with Gasteiger partial charge < -0.3 is 15.1 Å². The van der Waals surface area contributed by atoms with Crippen molar-refractivity contribution < 1.29 is 13.6 Å². The standard InChI is InChI=1S/C26H38ClF2N5O2/c1-7-26(28,29)23-21(25(36)33(6)31-23)15-30-24(35)20-13-17(27)14-22(16(20)3)34(8-2)19-11-9-18(10-12-19)32(4)5/h13-14,18-19,31H,7-12,15H2,1-6H3,(H,30,35). The number of aromatic nitrogens is 2. The van der Waals surface area contributed by atoms with E-state index in [9.17, 15) is 18.4 Å². The Hall–Kier alpha value is -2.39. The average Bonchev–Trinajstić information content (AvgIpc) is 3.14. The molecule has 1 aromatic carbocycles. The Morgan fingerprint density at radius 1 is 1.19 bits per heavy atom. The zero-order chi connectivity index (χ0) is 26.8. The first-order valence-corrected chi connectivity index (χ1v) is 13.0. The molecule has 1 aliphatic carbocycles. The van der Waals surface area contributed by atoms with Crippen LogP contribution in [0.4, 0.5) is 14.5 Å². The number of anilines is 1. The van der Waals surface area contributed by atoms with E-state index in [-0.39, 0.29) is 12.1 Å². The SMILES string of the molecule is CCN(c1cc(Cl)cc(C(=O)NCc2c(C(F)(F)CC)[nH]n(C)c2=O)c1C)C1CCC(N(C)C)CC1. The van der Waals surface area contributed by atoms with Gasteiger partial charge >= 0.3 is 0 Å². The maximum absolute atomic E-state index is 14.4. The van der Waals surface area contributed by atoms with Gasteiger partial charge in [-0.05, 0) is 71.3 Å². The number of hydrogen-bond donors (Lipinski definition) is 2. The predicted octanol–water partition coefficient (Wildman–Crippen LogP) is 4.81. The van der Waals surface area contributed by atoms with Crippen LogP contribution >= 0.6 is 11.6 Å². The van der Waals surface area contributed by atoms with Gasteiger partial charge in [-0.15, -0.1) is 0 Å². The third kappa shape index (κ3) is 5.78. The number of aryl methyl sites for hydroxylation is 1. The fraction of sp³-hybridized carbons (Fsp3) is 0.615. The number of rotatable bonds is 9. The number of hydrogen-bond acceptors (Lipinski definition) is 4. The van der Waals surface area contributed by atoms with Crippen LogP contribution in [0, 0.1) is 6.92 Å². The fourth-order valence-corrected chi connectivity index (χ4v) is 5.43. The average molecular weight is 526 g/mol. The molecule has 0 aliphatic heterocycles. The number of halogens is 3. The zero-order valence-electron chi connectivity index (χ0n) is 22.1. The van der Waals surface area contributed by atoms with Gasteiger partial charge in [-0.3, -0.25) is 19.4 Å². The summed E-state index contributed by atoms with van der Waals surface area (Å²) in [4.78, 5) is 30.2. The summed E-state index contributed by atoms with van der Waals surface area (Å²) in [5.41, 5.74) is 0.840. The molecule has 0 bridgehead atoms. The van der Waals surface area contributed by atoms with Gasteiger partial charge in [-0.2, -0.15) is 8.78 Å². The molecule has 0 unspecified atom stereocenters. The molecule has 1 aromatic heterocycles. The monoisotopic (exact) mass is 525 g/mol. The van der Waals surface area contributed by atoms with Crippen LogP contribution in [0.1, 0.15) is 73.1 Å². The molecule has 200 valence electrons. The Morgan fingerprint density at radius 3 is 2.36 bits per heavy atom. The van der Waals surface area contributed by atoms with E-state index >= 15 is 0 Å². The predicted molar refractivity (Wildman–Crippen MR) is 140 cm³/mol. The summed E-state index contributed by atoms with van der Waals surface area (Å²) in [7, 11) is 5.61. The number of amides is 1. The Balaban J connectivity index is 1.84. The molecule has 0 radical (unpaired) electrons. The molecule has 1 fully saturated rings. The highest BCUT2D eigenvalue weighted by Gasteiger charge is 2.36. The second kappa shape index (κ2) is 11.3. The Bertz CT molecular complexity index is 1140. The minimum Gasteiger partial charge on any atom is -0.369 e. The molecule has 1 aliphatic rings. The lowest BCUT2D eigenvalue weighted by Crippen LogP contribution is -2.42. The minimum atomic E-state index is -3.20. The lowest BCUT2D eigenvalue weighted by Gasteiger charge is -2.40. The fourth-order valence-electron chi connectivity index (χ4n) is 5.21. The number of carbonyl (C=O) groups is 1. The quantitative estimate of drug-likeness (QED) is 0.493. The van der Waals surface area contributed by atoms with Crippen molar-refractivity contribution in [1.82, 2.24) is 20.0 Å². The van der Waals surface area contributed by atoms with Crippen molar-refractivity contribution in [2.24, 2.45) is 7.05 Å². The molecular weight excluding hydrogens is 488 g/mol. The van der Waals surface area contributed by atoms with Gasteiger partial charge in [0.1, 0.15) is 5.69 Å². The van der Waals surface area contributed by atoms with Gasteiger partial charge in [0.25, 0.3) is 17.4 Å². The topological polar surface area (TPSA) is 73.4 Å². The van der Waals surface area contributed by atoms with E-state index in [4.69, 9.17) is 11.6 Å². The summed E-state index contributed by atoms with van der Waals surface area (Å²) in [6.07, 6.45) is 3.85. The Morgan fingerprint density at radius 2 is 1.81 bits per heavy atom. The van der Waals surface area contributed by atoms with E-state index in [1.54, 1.807) is 6.07 Å². The van der Waals surface area contributed by atoms with E-state index in [1.165, 1.54) is 14.0 Å². The summed E-state index contributed by atoms with van der Waals surface area (Å²) in [6, 6.07) is 4.40. The molecule has 2 aromatic rings. The highest BCUT2D eigenvalue weighted by molar-refractivity contribution is 6.31. The number of nitrogens with one attached hydrogen (secondary N) is 2. The Kier molecular flexibility index (Phi) is 8.88. The second-order valence-corrected chi connectivity index (χ2v) is 10.3. The summed E-state index contributed by atoms with van der Waals surface area (Å²) in [5, 5.41) is 5.53. The molecule has 0 atom stereocenters. The first-order valence-electron chi connectivity index (χ1n) is 12.6. The third-order valence-electron chi connectivity index (χ3n) is 7.46. The number of H-pyrrole nitrogens is 1. The normalized spacial score (nSPS) is 18.5. The van der Waals surface area contributed by atoms with Gasteiger partial charge in [-0.1, -0.05) is 18.5 Å². The smallest absolute Gasteiger partial charge is 0.289 e. The second-order valence-electron chi connectivity index (χ2n) is 9.88.